The van der Waals surface area contributed by atoms with Crippen LogP contribution in [0.4, 0.5) is 15.0 Å². The van der Waals surface area contributed by atoms with Gasteiger partial charge in [-0.2, -0.15) is 0 Å². The number of pyridine rings is 1. The molecule has 0 radical (unpaired) electrons. The smallest absolute Gasteiger partial charge is 0.326 e. The van der Waals surface area contributed by atoms with Crippen LogP contribution in [0.2, 0.25) is 0 Å². The van der Waals surface area contributed by atoms with Crippen molar-refractivity contribution < 1.29 is 14.0 Å². The Balaban J connectivity index is 1.41. The predicted octanol–water partition coefficient (Wildman–Crippen LogP) is 2.32. The van der Waals surface area contributed by atoms with Crippen LogP contribution in [-0.4, -0.2) is 44.9 Å². The van der Waals surface area contributed by atoms with E-state index in [4.69, 9.17) is 0 Å². The minimum Gasteiger partial charge on any atom is -0.347 e. The summed E-state index contributed by atoms with van der Waals surface area (Å²) in [5, 5.41) is 2.77. The van der Waals surface area contributed by atoms with Crippen molar-refractivity contribution >= 4 is 17.8 Å². The molecule has 2 N–H and O–H groups in total. The Morgan fingerprint density at radius 1 is 1.14 bits per heavy atom. The number of halogens is 1. The molecule has 1 aliphatic heterocycles. The van der Waals surface area contributed by atoms with E-state index >= 15 is 0 Å². The van der Waals surface area contributed by atoms with Crippen LogP contribution in [-0.2, 0) is 13.1 Å². The summed E-state index contributed by atoms with van der Waals surface area (Å²) in [6, 6.07) is 9.06. The zero-order valence-electron chi connectivity index (χ0n) is 15.5. The van der Waals surface area contributed by atoms with Gasteiger partial charge in [0, 0.05) is 43.8 Å². The third-order valence-corrected chi connectivity index (χ3v) is 4.64. The lowest BCUT2D eigenvalue weighted by atomic mass is 10.2. The maximum atomic E-state index is 13.1. The molecule has 0 bridgehead atoms. The van der Waals surface area contributed by atoms with Gasteiger partial charge in [-0.25, -0.2) is 19.2 Å². The molecule has 3 aromatic rings. The van der Waals surface area contributed by atoms with Crippen molar-refractivity contribution in [2.45, 2.75) is 13.1 Å². The summed E-state index contributed by atoms with van der Waals surface area (Å²) in [5.41, 5.74) is 1.26. The van der Waals surface area contributed by atoms with Gasteiger partial charge in [-0.3, -0.25) is 9.69 Å². The molecule has 4 rings (SSSR count). The van der Waals surface area contributed by atoms with Gasteiger partial charge in [0.05, 0.1) is 6.54 Å². The average Bonchev–Trinajstić information content (AvgIpc) is 3.38. The number of hydrogen-bond donors (Lipinski definition) is 2. The van der Waals surface area contributed by atoms with Gasteiger partial charge in [0.1, 0.15) is 17.5 Å². The largest absolute Gasteiger partial charge is 0.347 e. The molecule has 1 aromatic carbocycles. The molecule has 2 aromatic heterocycles. The van der Waals surface area contributed by atoms with Crippen molar-refractivity contribution in [2.75, 3.05) is 18.0 Å². The van der Waals surface area contributed by atoms with Crippen LogP contribution in [0.25, 0.3) is 0 Å². The second-order valence-electron chi connectivity index (χ2n) is 6.60. The lowest BCUT2D eigenvalue weighted by Gasteiger charge is -2.18. The summed E-state index contributed by atoms with van der Waals surface area (Å²) in [6.45, 7) is 1.65. The van der Waals surface area contributed by atoms with E-state index in [0.717, 1.165) is 5.56 Å². The normalized spacial score (nSPS) is 13.8. The average molecular weight is 394 g/mol. The molecule has 3 amide bonds. The van der Waals surface area contributed by atoms with Crippen molar-refractivity contribution in [3.05, 3.63) is 77.8 Å². The number of urea groups is 1. The van der Waals surface area contributed by atoms with Crippen molar-refractivity contribution in [3.8, 4) is 0 Å². The van der Waals surface area contributed by atoms with Crippen LogP contribution in [0.1, 0.15) is 21.7 Å². The highest BCUT2D eigenvalue weighted by molar-refractivity contribution is 5.97. The molecule has 0 unspecified atom stereocenters. The highest BCUT2D eigenvalue weighted by atomic mass is 19.1. The lowest BCUT2D eigenvalue weighted by molar-refractivity contribution is 0.0950. The highest BCUT2D eigenvalue weighted by Crippen LogP contribution is 2.21. The summed E-state index contributed by atoms with van der Waals surface area (Å²) in [5.74, 6) is 0.482. The molecule has 0 aliphatic carbocycles. The Labute approximate surface area is 166 Å². The van der Waals surface area contributed by atoms with Crippen LogP contribution < -0.4 is 10.2 Å². The number of imidazole rings is 1. The van der Waals surface area contributed by atoms with Crippen LogP contribution >= 0.6 is 0 Å². The van der Waals surface area contributed by atoms with Gasteiger partial charge in [0.2, 0.25) is 0 Å². The summed E-state index contributed by atoms with van der Waals surface area (Å²) in [4.78, 5) is 39.6. The van der Waals surface area contributed by atoms with E-state index in [0.29, 0.717) is 36.8 Å². The zero-order chi connectivity index (χ0) is 20.2. The van der Waals surface area contributed by atoms with Crippen LogP contribution in [0, 0.1) is 5.82 Å². The molecular weight excluding hydrogens is 375 g/mol. The van der Waals surface area contributed by atoms with E-state index in [1.54, 1.807) is 41.6 Å². The lowest BCUT2D eigenvalue weighted by Crippen LogP contribution is -2.32. The van der Waals surface area contributed by atoms with Gasteiger partial charge in [-0.1, -0.05) is 12.1 Å². The summed E-state index contributed by atoms with van der Waals surface area (Å²) in [6.07, 6.45) is 4.80. The topological polar surface area (TPSA) is 94.2 Å². The first-order chi connectivity index (χ1) is 14.1. The van der Waals surface area contributed by atoms with E-state index in [1.165, 1.54) is 23.2 Å². The van der Waals surface area contributed by atoms with E-state index in [9.17, 15) is 14.0 Å². The number of carbonyl (C=O) groups is 2. The zero-order valence-corrected chi connectivity index (χ0v) is 15.5. The molecule has 1 fully saturated rings. The van der Waals surface area contributed by atoms with Crippen molar-refractivity contribution in [3.63, 3.8) is 0 Å². The number of amides is 3. The molecule has 1 aliphatic rings. The monoisotopic (exact) mass is 394 g/mol. The molecule has 0 spiro atoms. The molecule has 9 heteroatoms. The number of carbonyl (C=O) groups excluding carboxylic acids is 2. The fourth-order valence-corrected chi connectivity index (χ4v) is 3.12. The summed E-state index contributed by atoms with van der Waals surface area (Å²) >= 11 is 0. The Hall–Kier alpha value is -3.75. The fraction of sp³-hybridized carbons (Fsp3) is 0.200. The molecule has 1 saturated heterocycles. The number of hydrogen-bond acceptors (Lipinski definition) is 4. The Morgan fingerprint density at radius 3 is 2.72 bits per heavy atom. The summed E-state index contributed by atoms with van der Waals surface area (Å²) < 4.78 is 13.1. The molecule has 148 valence electrons. The van der Waals surface area contributed by atoms with Gasteiger partial charge in [-0.15, -0.1) is 0 Å². The van der Waals surface area contributed by atoms with Crippen molar-refractivity contribution in [1.29, 1.82) is 0 Å². The maximum absolute atomic E-state index is 13.1. The third-order valence-electron chi connectivity index (χ3n) is 4.64. The molecule has 0 atom stereocenters. The first-order valence-corrected chi connectivity index (χ1v) is 9.13. The van der Waals surface area contributed by atoms with Crippen molar-refractivity contribution in [1.82, 2.24) is 25.2 Å². The number of rotatable bonds is 6. The minimum atomic E-state index is -0.311. The number of aromatic amines is 1. The van der Waals surface area contributed by atoms with Crippen LogP contribution in [0.3, 0.4) is 0 Å². The first kappa shape index (κ1) is 18.6. The van der Waals surface area contributed by atoms with Gasteiger partial charge in [-0.05, 0) is 29.8 Å². The highest BCUT2D eigenvalue weighted by Gasteiger charge is 2.30. The first-order valence-electron chi connectivity index (χ1n) is 9.13. The number of aromatic nitrogens is 3. The van der Waals surface area contributed by atoms with Crippen LogP contribution in [0.15, 0.2) is 55.0 Å². The van der Waals surface area contributed by atoms with Crippen LogP contribution in [0.5, 0.6) is 0 Å². The Morgan fingerprint density at radius 2 is 1.97 bits per heavy atom. The third kappa shape index (κ3) is 4.23. The molecule has 29 heavy (non-hydrogen) atoms. The molecular formula is C20H19FN6O2. The molecule has 8 nitrogen and oxygen atoms in total. The van der Waals surface area contributed by atoms with E-state index in [1.807, 2.05) is 0 Å². The van der Waals surface area contributed by atoms with Gasteiger partial charge >= 0.3 is 6.03 Å². The minimum absolute atomic E-state index is 0.199. The number of benzene rings is 1. The number of H-pyrrole nitrogens is 1. The number of nitrogens with zero attached hydrogens (tertiary/aromatic N) is 4. The molecule has 0 saturated carbocycles. The van der Waals surface area contributed by atoms with E-state index in [2.05, 4.69) is 20.3 Å². The summed E-state index contributed by atoms with van der Waals surface area (Å²) in [7, 11) is 0. The maximum Gasteiger partial charge on any atom is 0.326 e. The predicted molar refractivity (Wildman–Crippen MR) is 104 cm³/mol. The fourth-order valence-electron chi connectivity index (χ4n) is 3.12. The van der Waals surface area contributed by atoms with Gasteiger partial charge < -0.3 is 15.2 Å². The van der Waals surface area contributed by atoms with Crippen molar-refractivity contribution in [2.24, 2.45) is 0 Å². The quantitative estimate of drug-likeness (QED) is 0.671. The second kappa shape index (κ2) is 8.09. The Bertz CT molecular complexity index is 1010. The van der Waals surface area contributed by atoms with E-state index in [-0.39, 0.29) is 24.3 Å². The standard InChI is InChI=1S/C20H19FN6O2/c21-16-3-1-14(2-4-16)13-26-9-10-27(20(26)29)18-11-15(5-6-24-18)19(28)25-12-17-22-7-8-23-17/h1-8,11H,9-10,12-13H2,(H,22,23)(H,25,28). The number of nitrogens with one attached hydrogen (secondary N) is 2. The second-order valence-corrected chi connectivity index (χ2v) is 6.60. The SMILES string of the molecule is O=C(NCc1ncc[nH]1)c1ccnc(N2CCN(Cc3ccc(F)cc3)C2=O)c1. The van der Waals surface area contributed by atoms with Gasteiger partial charge in [0.15, 0.2) is 0 Å². The Kier molecular flexibility index (Phi) is 5.19. The van der Waals surface area contributed by atoms with Gasteiger partial charge in [0.25, 0.3) is 5.91 Å². The molecule has 3 heterocycles. The van der Waals surface area contributed by atoms with E-state index < -0.39 is 0 Å². The number of anilines is 1.